The van der Waals surface area contributed by atoms with Crippen molar-refractivity contribution in [2.45, 2.75) is 32.0 Å². The minimum atomic E-state index is -4.41. The van der Waals surface area contributed by atoms with Crippen LogP contribution < -0.4 is 5.32 Å². The number of benzene rings is 2. The molecule has 2 aromatic carbocycles. The summed E-state index contributed by atoms with van der Waals surface area (Å²) < 4.78 is 44.9. The maximum absolute atomic E-state index is 13.2. The van der Waals surface area contributed by atoms with E-state index in [1.165, 1.54) is 12.1 Å². The molecule has 1 amide bonds. The van der Waals surface area contributed by atoms with Crippen molar-refractivity contribution in [3.63, 3.8) is 0 Å². The third-order valence-electron chi connectivity index (χ3n) is 5.72. The Labute approximate surface area is 184 Å². The minimum absolute atomic E-state index is 0.129. The van der Waals surface area contributed by atoms with Crippen LogP contribution in [-0.4, -0.2) is 35.6 Å². The monoisotopic (exact) mass is 443 g/mol. The number of hydrogen-bond acceptors (Lipinski definition) is 4. The van der Waals surface area contributed by atoms with E-state index in [1.807, 2.05) is 31.2 Å². The van der Waals surface area contributed by atoms with E-state index < -0.39 is 17.6 Å². The third kappa shape index (κ3) is 5.02. The number of halogens is 3. The van der Waals surface area contributed by atoms with Gasteiger partial charge in [0.15, 0.2) is 11.5 Å². The van der Waals surface area contributed by atoms with Crippen molar-refractivity contribution in [1.29, 1.82) is 0 Å². The molecule has 1 aliphatic heterocycles. The second-order valence-corrected chi connectivity index (χ2v) is 8.03. The van der Waals surface area contributed by atoms with Crippen LogP contribution in [0.1, 0.15) is 46.1 Å². The Hall–Kier alpha value is -3.13. The molecule has 1 saturated heterocycles. The molecule has 0 aliphatic carbocycles. The van der Waals surface area contributed by atoms with Crippen LogP contribution in [0, 0.1) is 6.92 Å². The lowest BCUT2D eigenvalue weighted by molar-refractivity contribution is -0.137. The Bertz CT molecular complexity index is 1070. The fourth-order valence-corrected chi connectivity index (χ4v) is 3.95. The van der Waals surface area contributed by atoms with Crippen LogP contribution in [0.5, 0.6) is 0 Å². The number of nitrogens with zero attached hydrogens (tertiary/aromatic N) is 2. The van der Waals surface area contributed by atoms with E-state index in [9.17, 15) is 18.0 Å². The number of aromatic nitrogens is 1. The molecule has 3 aromatic rings. The zero-order valence-electron chi connectivity index (χ0n) is 17.7. The number of alkyl halides is 3. The summed E-state index contributed by atoms with van der Waals surface area (Å²) in [5.41, 5.74) is 1.88. The summed E-state index contributed by atoms with van der Waals surface area (Å²) in [6, 6.07) is 14.2. The van der Waals surface area contributed by atoms with Gasteiger partial charge in [0, 0.05) is 18.2 Å². The van der Waals surface area contributed by atoms with Gasteiger partial charge < -0.3 is 9.84 Å². The van der Waals surface area contributed by atoms with Crippen molar-refractivity contribution in [2.24, 2.45) is 0 Å². The van der Waals surface area contributed by atoms with E-state index in [-0.39, 0.29) is 18.3 Å². The molecular weight excluding hydrogens is 419 g/mol. The van der Waals surface area contributed by atoms with Crippen molar-refractivity contribution in [3.8, 4) is 11.3 Å². The number of amides is 1. The number of carbonyl (C=O) groups is 1. The van der Waals surface area contributed by atoms with Gasteiger partial charge in [0.2, 0.25) is 0 Å². The van der Waals surface area contributed by atoms with Gasteiger partial charge in [-0.1, -0.05) is 47.1 Å². The van der Waals surface area contributed by atoms with Crippen LogP contribution in [0.15, 0.2) is 59.1 Å². The molecule has 8 heteroatoms. The predicted octanol–water partition coefficient (Wildman–Crippen LogP) is 5.24. The van der Waals surface area contributed by atoms with Crippen LogP contribution in [0.25, 0.3) is 11.3 Å². The lowest BCUT2D eigenvalue weighted by atomic mass is 10.0. The molecule has 5 nitrogen and oxygen atoms in total. The average molecular weight is 443 g/mol. The van der Waals surface area contributed by atoms with Gasteiger partial charge in [0.25, 0.3) is 5.91 Å². The maximum atomic E-state index is 13.2. The molecule has 0 radical (unpaired) electrons. The molecule has 2 heterocycles. The summed E-state index contributed by atoms with van der Waals surface area (Å²) >= 11 is 0. The first kappa shape index (κ1) is 22.1. The molecule has 0 saturated carbocycles. The molecule has 0 bridgehead atoms. The van der Waals surface area contributed by atoms with Crippen LogP contribution >= 0.6 is 0 Å². The van der Waals surface area contributed by atoms with Crippen LogP contribution in [-0.2, 0) is 6.18 Å². The van der Waals surface area contributed by atoms with Gasteiger partial charge in [0.1, 0.15) is 0 Å². The minimum Gasteiger partial charge on any atom is -0.355 e. The van der Waals surface area contributed by atoms with E-state index in [0.29, 0.717) is 11.3 Å². The van der Waals surface area contributed by atoms with E-state index >= 15 is 0 Å². The standard InChI is InChI=1S/C24H24F3N3O2/c1-16-7-9-17(10-8-16)22-14-20(29-32-22)23(31)28-15-21(30-11-2-3-12-30)18-5-4-6-19(13-18)24(25,26)27/h4-10,13-14,21H,2-3,11-12,15H2,1H3,(H,28,31). The Morgan fingerprint density at radius 1 is 1.12 bits per heavy atom. The SMILES string of the molecule is Cc1ccc(-c2cc(C(=O)NCC(c3cccc(C(F)(F)F)c3)N3CCCC3)no2)cc1. The van der Waals surface area contributed by atoms with Crippen molar-refractivity contribution in [2.75, 3.05) is 19.6 Å². The number of rotatable bonds is 6. The summed E-state index contributed by atoms with van der Waals surface area (Å²) in [6.45, 7) is 3.70. The second-order valence-electron chi connectivity index (χ2n) is 8.03. The highest BCUT2D eigenvalue weighted by Gasteiger charge is 2.32. The second kappa shape index (κ2) is 9.16. The molecule has 1 unspecified atom stereocenters. The molecule has 0 spiro atoms. The Morgan fingerprint density at radius 2 is 1.84 bits per heavy atom. The van der Waals surface area contributed by atoms with E-state index in [2.05, 4.69) is 15.4 Å². The lowest BCUT2D eigenvalue weighted by Gasteiger charge is -2.28. The summed E-state index contributed by atoms with van der Waals surface area (Å²) in [4.78, 5) is 14.8. The molecule has 4 rings (SSSR count). The number of likely N-dealkylation sites (tertiary alicyclic amines) is 1. The van der Waals surface area contributed by atoms with Crippen molar-refractivity contribution >= 4 is 5.91 Å². The van der Waals surface area contributed by atoms with Crippen molar-refractivity contribution < 1.29 is 22.5 Å². The first-order valence-corrected chi connectivity index (χ1v) is 10.5. The summed E-state index contributed by atoms with van der Waals surface area (Å²) in [5.74, 6) is 0.0485. The Balaban J connectivity index is 1.49. The molecule has 1 N–H and O–H groups in total. The summed E-state index contributed by atoms with van der Waals surface area (Å²) in [5, 5.41) is 6.68. The van der Waals surface area contributed by atoms with E-state index in [0.717, 1.165) is 43.1 Å². The molecule has 1 aromatic heterocycles. The molecule has 32 heavy (non-hydrogen) atoms. The van der Waals surface area contributed by atoms with E-state index in [1.54, 1.807) is 12.1 Å². The maximum Gasteiger partial charge on any atom is 0.416 e. The van der Waals surface area contributed by atoms with Gasteiger partial charge in [0.05, 0.1) is 11.6 Å². The Morgan fingerprint density at radius 3 is 2.53 bits per heavy atom. The topological polar surface area (TPSA) is 58.4 Å². The molecule has 1 fully saturated rings. The normalized spacial score (nSPS) is 15.6. The summed E-state index contributed by atoms with van der Waals surface area (Å²) in [7, 11) is 0. The third-order valence-corrected chi connectivity index (χ3v) is 5.72. The van der Waals surface area contributed by atoms with Gasteiger partial charge in [-0.15, -0.1) is 0 Å². The molecular formula is C24H24F3N3O2. The van der Waals surface area contributed by atoms with Crippen LogP contribution in [0.3, 0.4) is 0 Å². The van der Waals surface area contributed by atoms with Gasteiger partial charge >= 0.3 is 6.18 Å². The van der Waals surface area contributed by atoms with Crippen LogP contribution in [0.4, 0.5) is 13.2 Å². The number of carbonyl (C=O) groups excluding carboxylic acids is 1. The fourth-order valence-electron chi connectivity index (χ4n) is 3.95. The zero-order valence-corrected chi connectivity index (χ0v) is 17.7. The van der Waals surface area contributed by atoms with Gasteiger partial charge in [-0.25, -0.2) is 0 Å². The fraction of sp³-hybridized carbons (Fsp3) is 0.333. The quantitative estimate of drug-likeness (QED) is 0.566. The van der Waals surface area contributed by atoms with Crippen LogP contribution in [0.2, 0.25) is 0 Å². The van der Waals surface area contributed by atoms with Gasteiger partial charge in [-0.3, -0.25) is 9.69 Å². The highest BCUT2D eigenvalue weighted by molar-refractivity contribution is 5.93. The van der Waals surface area contributed by atoms with Crippen molar-refractivity contribution in [1.82, 2.24) is 15.4 Å². The highest BCUT2D eigenvalue weighted by Crippen LogP contribution is 2.32. The smallest absolute Gasteiger partial charge is 0.355 e. The molecule has 168 valence electrons. The average Bonchev–Trinajstić information content (AvgIpc) is 3.47. The first-order valence-electron chi connectivity index (χ1n) is 10.5. The number of hydrogen-bond donors (Lipinski definition) is 1. The first-order chi connectivity index (χ1) is 15.3. The zero-order chi connectivity index (χ0) is 22.7. The number of nitrogens with one attached hydrogen (secondary N) is 1. The molecule has 1 atom stereocenters. The van der Waals surface area contributed by atoms with Crippen molar-refractivity contribution in [3.05, 3.63) is 77.0 Å². The predicted molar refractivity (Wildman–Crippen MR) is 114 cm³/mol. The Kier molecular flexibility index (Phi) is 6.32. The number of aryl methyl sites for hydroxylation is 1. The molecule has 1 aliphatic rings. The lowest BCUT2D eigenvalue weighted by Crippen LogP contribution is -2.37. The summed E-state index contributed by atoms with van der Waals surface area (Å²) in [6.07, 6.45) is -2.46. The van der Waals surface area contributed by atoms with Gasteiger partial charge in [-0.2, -0.15) is 13.2 Å². The largest absolute Gasteiger partial charge is 0.416 e. The highest BCUT2D eigenvalue weighted by atomic mass is 19.4. The van der Waals surface area contributed by atoms with Gasteiger partial charge in [-0.05, 0) is 50.6 Å². The van der Waals surface area contributed by atoms with E-state index in [4.69, 9.17) is 4.52 Å².